The molecule has 1 aliphatic heterocycles. The fourth-order valence-electron chi connectivity index (χ4n) is 2.35. The number of nitrogens with two attached hydrogens (primary N) is 1. The largest absolute Gasteiger partial charge is 0.325 e. The lowest BCUT2D eigenvalue weighted by Gasteiger charge is -2.16. The first kappa shape index (κ1) is 11.8. The monoisotopic (exact) mass is 250 g/mol. The van der Waals surface area contributed by atoms with Gasteiger partial charge in [-0.3, -0.25) is 9.79 Å². The molecule has 0 saturated carbocycles. The number of fused-ring (bicyclic) bond motifs is 1. The molecule has 0 radical (unpaired) electrons. The van der Waals surface area contributed by atoms with Crippen LogP contribution in [0.1, 0.15) is 15.9 Å². The number of benzene rings is 2. The summed E-state index contributed by atoms with van der Waals surface area (Å²) < 4.78 is 0. The second-order valence-electron chi connectivity index (χ2n) is 4.52. The van der Waals surface area contributed by atoms with Crippen LogP contribution in [0.3, 0.4) is 0 Å². The summed E-state index contributed by atoms with van der Waals surface area (Å²) in [5.74, 6) is 0.0602. The highest BCUT2D eigenvalue weighted by atomic mass is 16.1. The fourth-order valence-corrected chi connectivity index (χ4v) is 2.35. The van der Waals surface area contributed by atoms with Crippen molar-refractivity contribution in [3.05, 3.63) is 59.7 Å². The second kappa shape index (κ2) is 4.78. The van der Waals surface area contributed by atoms with Crippen molar-refractivity contribution in [2.24, 2.45) is 10.7 Å². The number of carbonyl (C=O) groups is 1. The van der Waals surface area contributed by atoms with Gasteiger partial charge < -0.3 is 5.73 Å². The Morgan fingerprint density at radius 3 is 2.53 bits per heavy atom. The van der Waals surface area contributed by atoms with Crippen LogP contribution in [-0.4, -0.2) is 24.6 Å². The number of rotatable bonds is 2. The molecule has 3 rings (SSSR count). The molecule has 2 aromatic rings. The lowest BCUT2D eigenvalue weighted by Crippen LogP contribution is -2.24. The van der Waals surface area contributed by atoms with E-state index < -0.39 is 0 Å². The molecular formula is C16H14N2O. The fraction of sp³-hybridized carbons (Fsp3) is 0.125. The van der Waals surface area contributed by atoms with E-state index in [0.29, 0.717) is 6.54 Å². The molecule has 0 bridgehead atoms. The quantitative estimate of drug-likeness (QED) is 0.889. The molecule has 2 N–H and O–H groups in total. The van der Waals surface area contributed by atoms with Crippen LogP contribution in [0.5, 0.6) is 0 Å². The summed E-state index contributed by atoms with van der Waals surface area (Å²) in [6.07, 6.45) is 0. The second-order valence-corrected chi connectivity index (χ2v) is 4.52. The zero-order valence-corrected chi connectivity index (χ0v) is 10.5. The van der Waals surface area contributed by atoms with Crippen molar-refractivity contribution in [1.29, 1.82) is 0 Å². The standard InChI is InChI=1S/C16H14N2O/c17-9-15-13-7-6-12(11-4-2-1-3-5-11)8-14(13)16(19)10-18-15/h1-8H,9-10,17H2. The minimum absolute atomic E-state index is 0.0602. The van der Waals surface area contributed by atoms with Crippen LogP contribution in [0.2, 0.25) is 0 Å². The summed E-state index contributed by atoms with van der Waals surface area (Å²) in [5.41, 5.74) is 10.2. The SMILES string of the molecule is NCC1=NCC(=O)c2cc(-c3ccccc3)ccc21. The van der Waals surface area contributed by atoms with E-state index in [1.54, 1.807) is 0 Å². The highest BCUT2D eigenvalue weighted by molar-refractivity contribution is 6.16. The first-order valence-electron chi connectivity index (χ1n) is 6.26. The zero-order valence-electron chi connectivity index (χ0n) is 10.5. The van der Waals surface area contributed by atoms with E-state index in [1.807, 2.05) is 48.5 Å². The van der Waals surface area contributed by atoms with Crippen molar-refractivity contribution in [3.63, 3.8) is 0 Å². The van der Waals surface area contributed by atoms with Gasteiger partial charge in [0.15, 0.2) is 5.78 Å². The minimum Gasteiger partial charge on any atom is -0.325 e. The summed E-state index contributed by atoms with van der Waals surface area (Å²) in [6.45, 7) is 0.572. The van der Waals surface area contributed by atoms with Crippen LogP contribution in [0.25, 0.3) is 11.1 Å². The van der Waals surface area contributed by atoms with Crippen LogP contribution < -0.4 is 5.73 Å². The molecule has 0 spiro atoms. The lowest BCUT2D eigenvalue weighted by molar-refractivity contribution is 0.1000. The van der Waals surface area contributed by atoms with Gasteiger partial charge in [0.05, 0.1) is 5.71 Å². The van der Waals surface area contributed by atoms with Crippen LogP contribution >= 0.6 is 0 Å². The molecule has 19 heavy (non-hydrogen) atoms. The van der Waals surface area contributed by atoms with Gasteiger partial charge in [0, 0.05) is 17.7 Å². The third-order valence-electron chi connectivity index (χ3n) is 3.34. The normalized spacial score (nSPS) is 13.9. The first-order valence-corrected chi connectivity index (χ1v) is 6.26. The predicted molar refractivity (Wildman–Crippen MR) is 76.7 cm³/mol. The molecule has 0 amide bonds. The zero-order chi connectivity index (χ0) is 13.2. The van der Waals surface area contributed by atoms with Crippen molar-refractivity contribution in [3.8, 4) is 11.1 Å². The van der Waals surface area contributed by atoms with Crippen molar-refractivity contribution in [2.75, 3.05) is 13.1 Å². The van der Waals surface area contributed by atoms with Gasteiger partial charge in [-0.15, -0.1) is 0 Å². The maximum Gasteiger partial charge on any atom is 0.184 e. The Morgan fingerprint density at radius 1 is 1.00 bits per heavy atom. The van der Waals surface area contributed by atoms with E-state index in [1.165, 1.54) is 0 Å². The van der Waals surface area contributed by atoms with E-state index in [4.69, 9.17) is 5.73 Å². The Balaban J connectivity index is 2.12. The van der Waals surface area contributed by atoms with E-state index in [0.717, 1.165) is 28.0 Å². The van der Waals surface area contributed by atoms with Crippen molar-refractivity contribution < 1.29 is 4.79 Å². The third kappa shape index (κ3) is 2.09. The Morgan fingerprint density at radius 2 is 1.79 bits per heavy atom. The Labute approximate surface area is 111 Å². The molecule has 0 fully saturated rings. The van der Waals surface area contributed by atoms with Gasteiger partial charge >= 0.3 is 0 Å². The summed E-state index contributed by atoms with van der Waals surface area (Å²) in [4.78, 5) is 16.2. The van der Waals surface area contributed by atoms with E-state index in [-0.39, 0.29) is 12.3 Å². The molecule has 0 unspecified atom stereocenters. The molecule has 0 aromatic heterocycles. The lowest BCUT2D eigenvalue weighted by atomic mass is 9.92. The van der Waals surface area contributed by atoms with Gasteiger partial charge in [0.25, 0.3) is 0 Å². The number of hydrogen-bond donors (Lipinski definition) is 1. The molecule has 94 valence electrons. The van der Waals surface area contributed by atoms with Gasteiger partial charge in [0.1, 0.15) is 6.54 Å². The summed E-state index contributed by atoms with van der Waals surface area (Å²) in [6, 6.07) is 15.9. The Kier molecular flexibility index (Phi) is 2.97. The number of carbonyl (C=O) groups excluding carboxylic acids is 1. The van der Waals surface area contributed by atoms with Crippen LogP contribution in [0.15, 0.2) is 53.5 Å². The van der Waals surface area contributed by atoms with Crippen LogP contribution in [0, 0.1) is 0 Å². The van der Waals surface area contributed by atoms with Gasteiger partial charge in [-0.05, 0) is 17.2 Å². The molecule has 0 atom stereocenters. The molecule has 3 nitrogen and oxygen atoms in total. The van der Waals surface area contributed by atoms with Gasteiger partial charge in [0.2, 0.25) is 0 Å². The van der Waals surface area contributed by atoms with Crippen LogP contribution in [0.4, 0.5) is 0 Å². The summed E-state index contributed by atoms with van der Waals surface area (Å²) >= 11 is 0. The average molecular weight is 250 g/mol. The van der Waals surface area contributed by atoms with Gasteiger partial charge in [-0.1, -0.05) is 42.5 Å². The topological polar surface area (TPSA) is 55.4 Å². The van der Waals surface area contributed by atoms with E-state index >= 15 is 0 Å². The molecule has 0 aliphatic carbocycles. The highest BCUT2D eigenvalue weighted by Crippen LogP contribution is 2.24. The molecular weight excluding hydrogens is 236 g/mol. The Hall–Kier alpha value is -2.26. The number of aliphatic imine (C=N–C) groups is 1. The molecule has 1 aliphatic rings. The van der Waals surface area contributed by atoms with Crippen molar-refractivity contribution in [2.45, 2.75) is 0 Å². The molecule has 1 heterocycles. The smallest absolute Gasteiger partial charge is 0.184 e. The first-order chi connectivity index (χ1) is 9.29. The van der Waals surface area contributed by atoms with Gasteiger partial charge in [-0.2, -0.15) is 0 Å². The minimum atomic E-state index is 0.0602. The van der Waals surface area contributed by atoms with Crippen molar-refractivity contribution in [1.82, 2.24) is 0 Å². The number of nitrogens with zero attached hydrogens (tertiary/aromatic N) is 1. The maximum atomic E-state index is 12.0. The van der Waals surface area contributed by atoms with E-state index in [2.05, 4.69) is 4.99 Å². The van der Waals surface area contributed by atoms with Crippen LogP contribution in [-0.2, 0) is 0 Å². The summed E-state index contributed by atoms with van der Waals surface area (Å²) in [7, 11) is 0. The average Bonchev–Trinajstić information content (AvgIpc) is 2.48. The number of hydrogen-bond acceptors (Lipinski definition) is 3. The summed E-state index contributed by atoms with van der Waals surface area (Å²) in [5, 5.41) is 0. The van der Waals surface area contributed by atoms with Crippen molar-refractivity contribution >= 4 is 11.5 Å². The molecule has 3 heteroatoms. The highest BCUT2D eigenvalue weighted by Gasteiger charge is 2.20. The maximum absolute atomic E-state index is 12.0. The molecule has 0 saturated heterocycles. The van der Waals surface area contributed by atoms with E-state index in [9.17, 15) is 4.79 Å². The predicted octanol–water partition coefficient (Wildman–Crippen LogP) is 2.30. The Bertz CT molecular complexity index is 660. The molecule has 2 aromatic carbocycles. The number of ketones is 1. The number of Topliss-reactive ketones (excluding diaryl/α,β-unsaturated/α-hetero) is 1. The third-order valence-corrected chi connectivity index (χ3v) is 3.34. The van der Waals surface area contributed by atoms with Gasteiger partial charge in [-0.25, -0.2) is 0 Å².